The number of fused-ring (bicyclic) bond motifs is 3. The van der Waals surface area contributed by atoms with E-state index in [1.54, 1.807) is 6.20 Å². The first kappa shape index (κ1) is 16.9. The molecule has 0 aliphatic heterocycles. The molecule has 0 saturated carbocycles. The number of hydrogen-bond acceptors (Lipinski definition) is 4. The highest BCUT2D eigenvalue weighted by Gasteiger charge is 2.14. The molecule has 5 nitrogen and oxygen atoms in total. The Balaban J connectivity index is 1.92. The number of pyridine rings is 2. The van der Waals surface area contributed by atoms with Crippen LogP contribution in [0.2, 0.25) is 0 Å². The third kappa shape index (κ3) is 3.59. The summed E-state index contributed by atoms with van der Waals surface area (Å²) in [6.45, 7) is 3.05. The molecule has 3 aromatic heterocycles. The van der Waals surface area contributed by atoms with E-state index in [9.17, 15) is 4.79 Å². The molecule has 0 aromatic carbocycles. The molecule has 0 spiro atoms. The van der Waals surface area contributed by atoms with Crippen LogP contribution in [0.4, 0.5) is 0 Å². The molecule has 0 N–H and O–H groups in total. The van der Waals surface area contributed by atoms with Gasteiger partial charge in [-0.25, -0.2) is 4.98 Å². The second-order valence-electron chi connectivity index (χ2n) is 6.00. The maximum Gasteiger partial charge on any atom is 0.185 e. The first-order valence-electron chi connectivity index (χ1n) is 8.51. The number of imidazole rings is 1. The summed E-state index contributed by atoms with van der Waals surface area (Å²) in [5, 5.41) is -0.0315. The molecular weight excluding hydrogens is 320 g/mol. The second-order valence-corrected chi connectivity index (χ2v) is 6.50. The van der Waals surface area contributed by atoms with Gasteiger partial charge in [0, 0.05) is 25.6 Å². The van der Waals surface area contributed by atoms with Crippen LogP contribution < -0.4 is 0 Å². The van der Waals surface area contributed by atoms with Crippen molar-refractivity contribution in [2.75, 3.05) is 0 Å². The summed E-state index contributed by atoms with van der Waals surface area (Å²) >= 11 is 3.82. The highest BCUT2D eigenvalue weighted by Crippen LogP contribution is 2.24. The molecule has 126 valence electrons. The topological polar surface area (TPSA) is 60.7 Å². The van der Waals surface area contributed by atoms with Gasteiger partial charge in [0.2, 0.25) is 0 Å². The first-order valence-corrected chi connectivity index (χ1v) is 8.96. The van der Waals surface area contributed by atoms with E-state index in [4.69, 9.17) is 4.98 Å². The van der Waals surface area contributed by atoms with Crippen molar-refractivity contribution in [1.29, 1.82) is 0 Å². The summed E-state index contributed by atoms with van der Waals surface area (Å²) in [5.41, 5.74) is 3.80. The number of aryl methyl sites for hydroxylation is 2. The smallest absolute Gasteiger partial charge is 0.185 e. The molecule has 0 amide bonds. The predicted octanol–water partition coefficient (Wildman–Crippen LogP) is 3.95. The van der Waals surface area contributed by atoms with Gasteiger partial charge in [0.15, 0.2) is 5.12 Å². The Morgan fingerprint density at radius 3 is 2.88 bits per heavy atom. The Labute approximate surface area is 146 Å². The lowest BCUT2D eigenvalue weighted by Gasteiger charge is -2.09. The zero-order chi connectivity index (χ0) is 16.9. The first-order chi connectivity index (χ1) is 11.7. The Morgan fingerprint density at radius 1 is 1.21 bits per heavy atom. The Kier molecular flexibility index (Phi) is 5.45. The molecule has 0 bridgehead atoms. The van der Waals surface area contributed by atoms with Crippen LogP contribution in [0.3, 0.4) is 0 Å². The molecule has 24 heavy (non-hydrogen) atoms. The van der Waals surface area contributed by atoms with Crippen LogP contribution in [0.25, 0.3) is 22.1 Å². The fraction of sp³-hybridized carbons (Fsp3) is 0.444. The van der Waals surface area contributed by atoms with Gasteiger partial charge in [-0.3, -0.25) is 14.8 Å². The molecule has 0 fully saturated rings. The standard InChI is InChI=1S/C18H22N4OS/c1-2-7-15-21-14-12-20-13-8-6-10-19-17(13)18(14)22(15)11-5-3-4-9-16(23)24/h6,8,10,12H,2-5,7,9,11H2,1H3,(H,23,24). The quantitative estimate of drug-likeness (QED) is 0.497. The van der Waals surface area contributed by atoms with Crippen LogP contribution in [0.5, 0.6) is 0 Å². The second kappa shape index (κ2) is 7.75. The maximum atomic E-state index is 10.9. The number of carbonyl (C=O) groups is 1. The van der Waals surface area contributed by atoms with Crippen molar-refractivity contribution in [3.05, 3.63) is 30.4 Å². The van der Waals surface area contributed by atoms with E-state index in [0.717, 1.165) is 66.5 Å². The fourth-order valence-corrected chi connectivity index (χ4v) is 3.21. The van der Waals surface area contributed by atoms with Gasteiger partial charge in [0.1, 0.15) is 16.9 Å². The zero-order valence-electron chi connectivity index (χ0n) is 13.9. The summed E-state index contributed by atoms with van der Waals surface area (Å²) in [6.07, 6.45) is 9.10. The third-order valence-corrected chi connectivity index (χ3v) is 4.38. The number of hydrogen-bond donors (Lipinski definition) is 1. The molecule has 0 radical (unpaired) electrons. The maximum absolute atomic E-state index is 10.9. The summed E-state index contributed by atoms with van der Waals surface area (Å²) in [7, 11) is 0. The van der Waals surface area contributed by atoms with Crippen LogP contribution in [0, 0.1) is 0 Å². The summed E-state index contributed by atoms with van der Waals surface area (Å²) in [6, 6.07) is 3.89. The SMILES string of the molecule is CCCc1nc2cnc3cccnc3c2n1CCCCCC(=O)S. The van der Waals surface area contributed by atoms with Gasteiger partial charge in [-0.05, 0) is 31.4 Å². The minimum atomic E-state index is -0.0315. The number of aromatic nitrogens is 4. The summed E-state index contributed by atoms with van der Waals surface area (Å²) in [5.74, 6) is 1.10. The Bertz CT molecular complexity index is 859. The van der Waals surface area contributed by atoms with Crippen LogP contribution >= 0.6 is 12.6 Å². The van der Waals surface area contributed by atoms with Crippen molar-refractivity contribution in [1.82, 2.24) is 19.5 Å². The van der Waals surface area contributed by atoms with Crippen molar-refractivity contribution < 1.29 is 4.79 Å². The van der Waals surface area contributed by atoms with E-state index in [2.05, 4.69) is 34.1 Å². The Hall–Kier alpha value is -1.95. The van der Waals surface area contributed by atoms with Gasteiger partial charge in [-0.1, -0.05) is 13.3 Å². The molecule has 0 atom stereocenters. The number of unbranched alkanes of at least 4 members (excludes halogenated alkanes) is 2. The minimum Gasteiger partial charge on any atom is -0.326 e. The molecule has 3 aromatic rings. The molecule has 3 heterocycles. The molecular formula is C18H22N4OS. The van der Waals surface area contributed by atoms with E-state index < -0.39 is 0 Å². The largest absolute Gasteiger partial charge is 0.326 e. The molecule has 0 unspecified atom stereocenters. The van der Waals surface area contributed by atoms with Crippen molar-refractivity contribution in [2.24, 2.45) is 0 Å². The minimum absolute atomic E-state index is 0.0315. The fourth-order valence-electron chi connectivity index (χ4n) is 3.05. The van der Waals surface area contributed by atoms with Gasteiger partial charge in [-0.15, -0.1) is 12.6 Å². The summed E-state index contributed by atoms with van der Waals surface area (Å²) < 4.78 is 2.29. The zero-order valence-corrected chi connectivity index (χ0v) is 14.8. The van der Waals surface area contributed by atoms with Crippen LogP contribution in [-0.4, -0.2) is 24.6 Å². The molecule has 0 aliphatic carbocycles. The van der Waals surface area contributed by atoms with Gasteiger partial charge >= 0.3 is 0 Å². The third-order valence-electron chi connectivity index (χ3n) is 4.16. The number of thiol groups is 1. The monoisotopic (exact) mass is 342 g/mol. The van der Waals surface area contributed by atoms with Crippen molar-refractivity contribution in [3.63, 3.8) is 0 Å². The average Bonchev–Trinajstić information content (AvgIpc) is 2.92. The predicted molar refractivity (Wildman–Crippen MR) is 99.3 cm³/mol. The molecule has 0 saturated heterocycles. The van der Waals surface area contributed by atoms with Gasteiger partial charge in [0.05, 0.1) is 17.2 Å². The molecule has 3 rings (SSSR count). The van der Waals surface area contributed by atoms with Crippen molar-refractivity contribution in [2.45, 2.75) is 52.0 Å². The lowest BCUT2D eigenvalue weighted by molar-refractivity contribution is -0.110. The number of rotatable bonds is 8. The highest BCUT2D eigenvalue weighted by atomic mass is 32.1. The summed E-state index contributed by atoms with van der Waals surface area (Å²) in [4.78, 5) is 24.7. The van der Waals surface area contributed by atoms with Crippen LogP contribution in [0.15, 0.2) is 24.5 Å². The molecule has 0 aliphatic rings. The van der Waals surface area contributed by atoms with Gasteiger partial charge < -0.3 is 4.57 Å². The van der Waals surface area contributed by atoms with Gasteiger partial charge in [0.25, 0.3) is 0 Å². The lowest BCUT2D eigenvalue weighted by Crippen LogP contribution is -2.05. The normalized spacial score (nSPS) is 11.4. The highest BCUT2D eigenvalue weighted by molar-refractivity contribution is 7.96. The average molecular weight is 342 g/mol. The van der Waals surface area contributed by atoms with E-state index in [-0.39, 0.29) is 5.12 Å². The lowest BCUT2D eigenvalue weighted by atomic mass is 10.2. The van der Waals surface area contributed by atoms with Crippen molar-refractivity contribution in [3.8, 4) is 0 Å². The number of nitrogens with zero attached hydrogens (tertiary/aromatic N) is 4. The van der Waals surface area contributed by atoms with Crippen LogP contribution in [0.1, 0.15) is 44.9 Å². The van der Waals surface area contributed by atoms with Gasteiger partial charge in [-0.2, -0.15) is 0 Å². The van der Waals surface area contributed by atoms with E-state index >= 15 is 0 Å². The van der Waals surface area contributed by atoms with E-state index in [1.807, 2.05) is 18.3 Å². The van der Waals surface area contributed by atoms with Crippen LogP contribution in [-0.2, 0) is 17.8 Å². The van der Waals surface area contributed by atoms with E-state index in [1.165, 1.54) is 0 Å². The number of carbonyl (C=O) groups excluding carboxylic acids is 1. The Morgan fingerprint density at radius 2 is 2.08 bits per heavy atom. The van der Waals surface area contributed by atoms with Crippen molar-refractivity contribution >= 4 is 39.8 Å². The molecule has 6 heteroatoms. The van der Waals surface area contributed by atoms with E-state index in [0.29, 0.717) is 6.42 Å².